The minimum Gasteiger partial charge on any atom is -0.393 e. The summed E-state index contributed by atoms with van der Waals surface area (Å²) in [5.41, 5.74) is 0.889. The summed E-state index contributed by atoms with van der Waals surface area (Å²) in [6, 6.07) is 4.01. The van der Waals surface area contributed by atoms with Gasteiger partial charge in [0.1, 0.15) is 5.82 Å². The number of aliphatic hydroxyl groups excluding tert-OH is 1. The molecule has 2 fully saturated rings. The SMILES string of the molecule is CC1CCCC(c2nc(-c3ccc(N4CCC(O)CC4)nc3)no2)C1. The van der Waals surface area contributed by atoms with Gasteiger partial charge in [-0.3, -0.25) is 0 Å². The van der Waals surface area contributed by atoms with E-state index in [0.29, 0.717) is 11.7 Å². The molecule has 1 saturated heterocycles. The Kier molecular flexibility index (Phi) is 4.70. The number of pyridine rings is 1. The Morgan fingerprint density at radius 1 is 1.16 bits per heavy atom. The average Bonchev–Trinajstić information content (AvgIpc) is 3.13. The predicted molar refractivity (Wildman–Crippen MR) is 95.4 cm³/mol. The molecule has 2 aromatic rings. The number of nitrogens with zero attached hydrogens (tertiary/aromatic N) is 4. The highest BCUT2D eigenvalue weighted by Gasteiger charge is 2.25. The molecule has 2 aliphatic rings. The van der Waals surface area contributed by atoms with Crippen molar-refractivity contribution >= 4 is 5.82 Å². The lowest BCUT2D eigenvalue weighted by Crippen LogP contribution is -2.36. The molecule has 4 rings (SSSR count). The van der Waals surface area contributed by atoms with E-state index >= 15 is 0 Å². The van der Waals surface area contributed by atoms with Crippen molar-refractivity contribution in [1.82, 2.24) is 15.1 Å². The maximum atomic E-state index is 9.62. The van der Waals surface area contributed by atoms with Gasteiger partial charge < -0.3 is 14.5 Å². The van der Waals surface area contributed by atoms with Gasteiger partial charge >= 0.3 is 0 Å². The molecule has 1 aliphatic carbocycles. The Hall–Kier alpha value is -1.95. The van der Waals surface area contributed by atoms with Crippen LogP contribution in [-0.4, -0.2) is 39.4 Å². The van der Waals surface area contributed by atoms with Crippen molar-refractivity contribution in [2.75, 3.05) is 18.0 Å². The monoisotopic (exact) mass is 342 g/mol. The van der Waals surface area contributed by atoms with E-state index in [0.717, 1.165) is 62.0 Å². The van der Waals surface area contributed by atoms with E-state index in [-0.39, 0.29) is 6.10 Å². The van der Waals surface area contributed by atoms with Gasteiger partial charge in [0.2, 0.25) is 11.7 Å². The van der Waals surface area contributed by atoms with E-state index < -0.39 is 0 Å². The van der Waals surface area contributed by atoms with Crippen molar-refractivity contribution in [2.45, 2.75) is 57.5 Å². The molecule has 0 bridgehead atoms. The van der Waals surface area contributed by atoms with Gasteiger partial charge in [-0.1, -0.05) is 24.9 Å². The van der Waals surface area contributed by atoms with Crippen molar-refractivity contribution in [1.29, 1.82) is 0 Å². The number of anilines is 1. The molecule has 2 aromatic heterocycles. The van der Waals surface area contributed by atoms with Crippen molar-refractivity contribution in [3.8, 4) is 11.4 Å². The van der Waals surface area contributed by atoms with Crippen LogP contribution in [0, 0.1) is 5.92 Å². The van der Waals surface area contributed by atoms with Gasteiger partial charge in [-0.2, -0.15) is 4.98 Å². The minimum atomic E-state index is -0.171. The van der Waals surface area contributed by atoms with Crippen LogP contribution in [0.15, 0.2) is 22.9 Å². The Balaban J connectivity index is 1.45. The van der Waals surface area contributed by atoms with Gasteiger partial charge in [-0.15, -0.1) is 0 Å². The molecule has 0 aromatic carbocycles. The fourth-order valence-electron chi connectivity index (χ4n) is 3.98. The summed E-state index contributed by atoms with van der Waals surface area (Å²) < 4.78 is 5.54. The van der Waals surface area contributed by atoms with Crippen LogP contribution >= 0.6 is 0 Å². The van der Waals surface area contributed by atoms with Crippen molar-refractivity contribution in [3.05, 3.63) is 24.2 Å². The highest BCUT2D eigenvalue weighted by Crippen LogP contribution is 2.35. The first-order valence-electron chi connectivity index (χ1n) is 9.42. The number of rotatable bonds is 3. The highest BCUT2D eigenvalue weighted by atomic mass is 16.5. The molecular weight excluding hydrogens is 316 g/mol. The van der Waals surface area contributed by atoms with E-state index in [1.54, 1.807) is 0 Å². The zero-order valence-corrected chi connectivity index (χ0v) is 14.8. The molecule has 1 aliphatic heterocycles. The van der Waals surface area contributed by atoms with Crippen LogP contribution in [-0.2, 0) is 0 Å². The van der Waals surface area contributed by atoms with Crippen molar-refractivity contribution in [2.24, 2.45) is 5.92 Å². The molecule has 2 unspecified atom stereocenters. The molecule has 25 heavy (non-hydrogen) atoms. The van der Waals surface area contributed by atoms with Gasteiger partial charge in [0.15, 0.2) is 0 Å². The standard InChI is InChI=1S/C19H26N4O2/c1-13-3-2-4-14(11-13)19-21-18(22-25-19)15-5-6-17(20-12-15)23-9-7-16(24)8-10-23/h5-6,12-14,16,24H,2-4,7-11H2,1H3. The van der Waals surface area contributed by atoms with Crippen LogP contribution in [0.5, 0.6) is 0 Å². The molecule has 134 valence electrons. The number of piperidine rings is 1. The summed E-state index contributed by atoms with van der Waals surface area (Å²) in [6.07, 6.45) is 8.08. The third-order valence-corrected chi connectivity index (χ3v) is 5.52. The van der Waals surface area contributed by atoms with Gasteiger partial charge in [-0.05, 0) is 43.7 Å². The predicted octanol–water partition coefficient (Wildman–Crippen LogP) is 3.39. The summed E-state index contributed by atoms with van der Waals surface area (Å²) in [5.74, 6) is 3.48. The molecule has 0 amide bonds. The molecule has 6 heteroatoms. The molecule has 6 nitrogen and oxygen atoms in total. The molecule has 1 saturated carbocycles. The van der Waals surface area contributed by atoms with Gasteiger partial charge in [0.05, 0.1) is 6.10 Å². The molecular formula is C19H26N4O2. The van der Waals surface area contributed by atoms with E-state index in [1.807, 2.05) is 18.3 Å². The summed E-state index contributed by atoms with van der Waals surface area (Å²) >= 11 is 0. The molecule has 2 atom stereocenters. The Morgan fingerprint density at radius 2 is 2.00 bits per heavy atom. The van der Waals surface area contributed by atoms with Crippen LogP contribution in [0.2, 0.25) is 0 Å². The van der Waals surface area contributed by atoms with Crippen molar-refractivity contribution < 1.29 is 9.63 Å². The number of aromatic nitrogens is 3. The lowest BCUT2D eigenvalue weighted by molar-refractivity contribution is 0.145. The zero-order valence-electron chi connectivity index (χ0n) is 14.8. The van der Waals surface area contributed by atoms with Crippen LogP contribution in [0.1, 0.15) is 57.3 Å². The number of hydrogen-bond acceptors (Lipinski definition) is 6. The second-order valence-corrected chi connectivity index (χ2v) is 7.55. The van der Waals surface area contributed by atoms with Gasteiger partial charge in [0.25, 0.3) is 0 Å². The third kappa shape index (κ3) is 3.68. The fourth-order valence-corrected chi connectivity index (χ4v) is 3.98. The second kappa shape index (κ2) is 7.12. The fraction of sp³-hybridized carbons (Fsp3) is 0.632. The normalized spacial score (nSPS) is 25.3. The van der Waals surface area contributed by atoms with E-state index in [9.17, 15) is 5.11 Å². The smallest absolute Gasteiger partial charge is 0.230 e. The summed E-state index contributed by atoms with van der Waals surface area (Å²) in [5, 5.41) is 13.8. The second-order valence-electron chi connectivity index (χ2n) is 7.55. The first-order valence-corrected chi connectivity index (χ1v) is 9.42. The average molecular weight is 342 g/mol. The quantitative estimate of drug-likeness (QED) is 0.921. The summed E-state index contributed by atoms with van der Waals surface area (Å²) in [4.78, 5) is 11.4. The highest BCUT2D eigenvalue weighted by molar-refractivity contribution is 5.56. The lowest BCUT2D eigenvalue weighted by Gasteiger charge is -2.30. The first-order chi connectivity index (χ1) is 12.2. The maximum Gasteiger partial charge on any atom is 0.230 e. The molecule has 0 spiro atoms. The minimum absolute atomic E-state index is 0.171. The molecule has 3 heterocycles. The van der Waals surface area contributed by atoms with Crippen LogP contribution < -0.4 is 4.90 Å². The lowest BCUT2D eigenvalue weighted by atomic mass is 9.82. The Bertz CT molecular complexity index is 692. The topological polar surface area (TPSA) is 75.3 Å². The van der Waals surface area contributed by atoms with Gasteiger partial charge in [0, 0.05) is 30.8 Å². The number of hydrogen-bond donors (Lipinski definition) is 1. The van der Waals surface area contributed by atoms with E-state index in [1.165, 1.54) is 12.8 Å². The van der Waals surface area contributed by atoms with E-state index in [2.05, 4.69) is 26.9 Å². The van der Waals surface area contributed by atoms with Gasteiger partial charge in [-0.25, -0.2) is 4.98 Å². The maximum absolute atomic E-state index is 9.62. The largest absolute Gasteiger partial charge is 0.393 e. The van der Waals surface area contributed by atoms with Crippen LogP contribution in [0.25, 0.3) is 11.4 Å². The zero-order chi connectivity index (χ0) is 17.2. The molecule has 0 radical (unpaired) electrons. The third-order valence-electron chi connectivity index (χ3n) is 5.52. The molecule has 1 N–H and O–H groups in total. The summed E-state index contributed by atoms with van der Waals surface area (Å²) in [6.45, 7) is 3.99. The Labute approximate surface area is 148 Å². The van der Waals surface area contributed by atoms with Crippen LogP contribution in [0.3, 0.4) is 0 Å². The van der Waals surface area contributed by atoms with Crippen LogP contribution in [0.4, 0.5) is 5.82 Å². The number of aliphatic hydroxyl groups is 1. The van der Waals surface area contributed by atoms with E-state index in [4.69, 9.17) is 4.52 Å². The Morgan fingerprint density at radius 3 is 2.72 bits per heavy atom. The first kappa shape index (κ1) is 16.5. The summed E-state index contributed by atoms with van der Waals surface area (Å²) in [7, 11) is 0. The van der Waals surface area contributed by atoms with Crippen molar-refractivity contribution in [3.63, 3.8) is 0 Å².